The van der Waals surface area contributed by atoms with E-state index >= 15 is 0 Å². The fourth-order valence-corrected chi connectivity index (χ4v) is 4.97. The number of benzene rings is 1. The summed E-state index contributed by atoms with van der Waals surface area (Å²) in [5, 5.41) is 13.6. The molecular formula is C22H17N5O4S2. The van der Waals surface area contributed by atoms with Crippen LogP contribution in [0.5, 0.6) is 0 Å². The quantitative estimate of drug-likeness (QED) is 0.280. The zero-order chi connectivity index (χ0) is 22.9. The largest absolute Gasteiger partial charge is 0.467 e. The van der Waals surface area contributed by atoms with Crippen molar-refractivity contribution in [2.45, 2.75) is 18.6 Å². The topological polar surface area (TPSA) is 112 Å². The molecule has 0 spiro atoms. The average molecular weight is 480 g/mol. The van der Waals surface area contributed by atoms with Crippen molar-refractivity contribution in [2.75, 3.05) is 11.1 Å². The van der Waals surface area contributed by atoms with Gasteiger partial charge in [0.15, 0.2) is 10.9 Å². The predicted octanol–water partition coefficient (Wildman–Crippen LogP) is 3.68. The minimum absolute atomic E-state index is 0.0348. The smallest absolute Gasteiger partial charge is 0.273 e. The van der Waals surface area contributed by atoms with E-state index in [1.54, 1.807) is 47.1 Å². The number of thiophene rings is 1. The monoisotopic (exact) mass is 479 g/mol. The number of nitrogens with zero attached hydrogens (tertiary/aromatic N) is 4. The van der Waals surface area contributed by atoms with Gasteiger partial charge in [0, 0.05) is 11.3 Å². The van der Waals surface area contributed by atoms with Crippen LogP contribution in [0.2, 0.25) is 0 Å². The molecule has 1 N–H and O–H groups in total. The normalized spacial score (nSPS) is 11.3. The molecule has 0 saturated heterocycles. The lowest BCUT2D eigenvalue weighted by molar-refractivity contribution is -0.113. The van der Waals surface area contributed by atoms with Crippen LogP contribution < -0.4 is 10.9 Å². The highest BCUT2D eigenvalue weighted by atomic mass is 32.2. The number of hydrogen-bond acceptors (Lipinski definition) is 8. The van der Waals surface area contributed by atoms with Gasteiger partial charge in [0.1, 0.15) is 10.5 Å². The summed E-state index contributed by atoms with van der Waals surface area (Å²) in [6.07, 6.45) is 1.55. The number of carbonyl (C=O) groups excluding carboxylic acids is 2. The van der Waals surface area contributed by atoms with E-state index in [0.717, 1.165) is 0 Å². The number of thioether (sulfide) groups is 1. The predicted molar refractivity (Wildman–Crippen MR) is 126 cm³/mol. The maximum atomic E-state index is 13.0. The Morgan fingerprint density at radius 3 is 2.70 bits per heavy atom. The zero-order valence-corrected chi connectivity index (χ0v) is 19.0. The molecule has 0 radical (unpaired) electrons. The van der Waals surface area contributed by atoms with E-state index < -0.39 is 0 Å². The second kappa shape index (κ2) is 8.68. The second-order valence-electron chi connectivity index (χ2n) is 7.19. The number of rotatable bonds is 7. The third kappa shape index (κ3) is 4.08. The van der Waals surface area contributed by atoms with Gasteiger partial charge in [-0.3, -0.25) is 23.4 Å². The van der Waals surface area contributed by atoms with Crippen molar-refractivity contribution in [1.29, 1.82) is 0 Å². The van der Waals surface area contributed by atoms with Gasteiger partial charge in [-0.2, -0.15) is 0 Å². The molecule has 4 aromatic heterocycles. The van der Waals surface area contributed by atoms with Gasteiger partial charge in [-0.1, -0.05) is 11.8 Å². The van der Waals surface area contributed by atoms with Crippen LogP contribution >= 0.6 is 23.1 Å². The molecule has 5 aromatic rings. The Hall–Kier alpha value is -3.70. The molecule has 166 valence electrons. The van der Waals surface area contributed by atoms with Gasteiger partial charge in [-0.25, -0.2) is 0 Å². The van der Waals surface area contributed by atoms with Crippen LogP contribution in [0.15, 0.2) is 68.5 Å². The summed E-state index contributed by atoms with van der Waals surface area (Å²) in [6, 6.07) is 12.1. The highest BCUT2D eigenvalue weighted by molar-refractivity contribution is 7.99. The van der Waals surface area contributed by atoms with Crippen LogP contribution in [0.3, 0.4) is 0 Å². The fourth-order valence-electron chi connectivity index (χ4n) is 3.41. The van der Waals surface area contributed by atoms with Crippen LogP contribution in [-0.2, 0) is 11.3 Å². The molecule has 1 aromatic carbocycles. The lowest BCUT2D eigenvalue weighted by atomic mass is 10.1. The summed E-state index contributed by atoms with van der Waals surface area (Å²) < 4.78 is 9.29. The minimum Gasteiger partial charge on any atom is -0.467 e. The van der Waals surface area contributed by atoms with E-state index in [-0.39, 0.29) is 29.5 Å². The van der Waals surface area contributed by atoms with Gasteiger partial charge in [0.05, 0.1) is 24.1 Å². The molecule has 33 heavy (non-hydrogen) atoms. The number of fused-ring (bicyclic) bond motifs is 3. The molecule has 11 heteroatoms. The Labute approximate surface area is 195 Å². The Bertz CT molecular complexity index is 1530. The number of carbonyl (C=O) groups is 2. The van der Waals surface area contributed by atoms with Gasteiger partial charge < -0.3 is 9.73 Å². The van der Waals surface area contributed by atoms with E-state index in [4.69, 9.17) is 4.42 Å². The maximum Gasteiger partial charge on any atom is 0.273 e. The van der Waals surface area contributed by atoms with Gasteiger partial charge in [-0.15, -0.1) is 21.5 Å². The van der Waals surface area contributed by atoms with E-state index in [2.05, 4.69) is 15.5 Å². The number of nitrogens with one attached hydrogen (secondary N) is 1. The fraction of sp³-hybridized carbons (Fsp3) is 0.136. The first-order chi connectivity index (χ1) is 16.0. The Balaban J connectivity index is 1.41. The van der Waals surface area contributed by atoms with Gasteiger partial charge in [0.25, 0.3) is 5.56 Å². The first-order valence-electron chi connectivity index (χ1n) is 9.92. The summed E-state index contributed by atoms with van der Waals surface area (Å²) in [5.41, 5.74) is 1.71. The number of aromatic nitrogens is 4. The summed E-state index contributed by atoms with van der Waals surface area (Å²) in [7, 11) is 0. The Morgan fingerprint density at radius 1 is 1.15 bits per heavy atom. The molecule has 5 rings (SSSR count). The SMILES string of the molecule is CC(=O)c1ccc(NC(=O)CSc2nnc3n(Cc4ccco4)c(=O)c4sccc4n23)cc1. The standard InChI is InChI=1S/C22H17N5O4S2/c1-13(28)14-4-6-15(7-5-14)23-18(29)12-33-22-25-24-21-26(11-16-3-2-9-31-16)20(30)19-17(27(21)22)8-10-32-19/h2-10H,11-12H2,1H3,(H,23,29). The summed E-state index contributed by atoms with van der Waals surface area (Å²) >= 11 is 2.57. The number of hydrogen-bond donors (Lipinski definition) is 1. The van der Waals surface area contributed by atoms with Crippen molar-refractivity contribution in [3.63, 3.8) is 0 Å². The number of ketones is 1. The highest BCUT2D eigenvalue weighted by Crippen LogP contribution is 2.25. The molecule has 0 unspecified atom stereocenters. The van der Waals surface area contributed by atoms with Crippen LogP contribution in [-0.4, -0.2) is 36.6 Å². The molecule has 1 amide bonds. The zero-order valence-electron chi connectivity index (χ0n) is 17.3. The first-order valence-corrected chi connectivity index (χ1v) is 11.8. The number of amides is 1. The molecule has 4 heterocycles. The number of Topliss-reactive ketones (excluding diaryl/α,β-unsaturated/α-hetero) is 1. The van der Waals surface area contributed by atoms with Gasteiger partial charge in [0.2, 0.25) is 11.7 Å². The van der Waals surface area contributed by atoms with Crippen molar-refractivity contribution in [1.82, 2.24) is 19.2 Å². The van der Waals surface area contributed by atoms with Gasteiger partial charge in [-0.05, 0) is 54.8 Å². The van der Waals surface area contributed by atoms with Crippen LogP contribution in [0.4, 0.5) is 5.69 Å². The summed E-state index contributed by atoms with van der Waals surface area (Å²) in [6.45, 7) is 1.72. The van der Waals surface area contributed by atoms with Crippen molar-refractivity contribution in [3.05, 3.63) is 75.8 Å². The summed E-state index contributed by atoms with van der Waals surface area (Å²) in [5.74, 6) is 0.843. The molecular weight excluding hydrogens is 462 g/mol. The van der Waals surface area contributed by atoms with E-state index in [1.165, 1.54) is 34.6 Å². The molecule has 0 bridgehead atoms. The Kier molecular flexibility index (Phi) is 5.56. The molecule has 0 aliphatic carbocycles. The van der Waals surface area contributed by atoms with Crippen LogP contribution in [0.25, 0.3) is 16.0 Å². The molecule has 9 nitrogen and oxygen atoms in total. The molecule has 0 saturated carbocycles. The van der Waals surface area contributed by atoms with Crippen molar-refractivity contribution < 1.29 is 14.0 Å². The molecule has 0 fully saturated rings. The number of furan rings is 1. The first kappa shape index (κ1) is 21.2. The Morgan fingerprint density at radius 2 is 1.97 bits per heavy atom. The molecule has 0 aliphatic rings. The third-order valence-corrected chi connectivity index (χ3v) is 6.80. The average Bonchev–Trinajstić information content (AvgIpc) is 3.56. The maximum absolute atomic E-state index is 13.0. The van der Waals surface area contributed by atoms with Crippen molar-refractivity contribution >= 4 is 56.5 Å². The van der Waals surface area contributed by atoms with Crippen molar-refractivity contribution in [3.8, 4) is 0 Å². The summed E-state index contributed by atoms with van der Waals surface area (Å²) in [4.78, 5) is 36.9. The van der Waals surface area contributed by atoms with E-state index in [9.17, 15) is 14.4 Å². The second-order valence-corrected chi connectivity index (χ2v) is 9.05. The van der Waals surface area contributed by atoms with Crippen LogP contribution in [0.1, 0.15) is 23.0 Å². The van der Waals surface area contributed by atoms with Crippen molar-refractivity contribution in [2.24, 2.45) is 0 Å². The number of anilines is 1. The van der Waals surface area contributed by atoms with Gasteiger partial charge >= 0.3 is 0 Å². The lowest BCUT2D eigenvalue weighted by Gasteiger charge is -2.08. The molecule has 0 aliphatic heterocycles. The third-order valence-electron chi connectivity index (χ3n) is 4.98. The van der Waals surface area contributed by atoms with E-state index in [1.807, 2.05) is 11.4 Å². The van der Waals surface area contributed by atoms with Crippen LogP contribution in [0, 0.1) is 0 Å². The minimum atomic E-state index is -0.224. The van der Waals surface area contributed by atoms with E-state index in [0.29, 0.717) is 38.2 Å². The lowest BCUT2D eigenvalue weighted by Crippen LogP contribution is -2.23. The highest BCUT2D eigenvalue weighted by Gasteiger charge is 2.19. The molecule has 0 atom stereocenters.